The summed E-state index contributed by atoms with van der Waals surface area (Å²) in [6, 6.07) is 5.93. The number of rotatable bonds is 2. The van der Waals surface area contributed by atoms with E-state index in [0.717, 1.165) is 15.6 Å². The molecule has 0 radical (unpaired) electrons. The van der Waals surface area contributed by atoms with Crippen LogP contribution in [0.3, 0.4) is 0 Å². The molecule has 0 spiro atoms. The lowest BCUT2D eigenvalue weighted by atomic mass is 10.1. The first-order chi connectivity index (χ1) is 9.58. The fraction of sp³-hybridized carbons (Fsp3) is 0.167. The van der Waals surface area contributed by atoms with Crippen LogP contribution in [-0.4, -0.2) is 30.8 Å². The van der Waals surface area contributed by atoms with Crippen molar-refractivity contribution in [3.05, 3.63) is 28.2 Å². The number of hydrogen-bond acceptors (Lipinski definition) is 6. The smallest absolute Gasteiger partial charge is 0.258 e. The number of nitrogen functional groups attached to an aromatic ring is 1. The van der Waals surface area contributed by atoms with Crippen molar-refractivity contribution in [3.8, 4) is 11.4 Å². The van der Waals surface area contributed by atoms with Crippen LogP contribution in [0.4, 0.5) is 5.95 Å². The van der Waals surface area contributed by atoms with Crippen LogP contribution >= 0.6 is 27.7 Å². The Balaban J connectivity index is 2.17. The number of aromatic nitrogens is 5. The summed E-state index contributed by atoms with van der Waals surface area (Å²) in [5, 5.41) is 4.94. The summed E-state index contributed by atoms with van der Waals surface area (Å²) in [5.41, 5.74) is 7.90. The number of fused-ring (bicyclic) bond motifs is 1. The number of nitrogens with zero attached hydrogens (tertiary/aromatic N) is 5. The van der Waals surface area contributed by atoms with Crippen LogP contribution in [-0.2, 0) is 0 Å². The molecule has 1 aromatic carbocycles. The van der Waals surface area contributed by atoms with Gasteiger partial charge in [-0.2, -0.15) is 19.5 Å². The van der Waals surface area contributed by atoms with Gasteiger partial charge >= 0.3 is 0 Å². The van der Waals surface area contributed by atoms with Gasteiger partial charge in [-0.3, -0.25) is 0 Å². The Labute approximate surface area is 128 Å². The Bertz CT molecular complexity index is 800. The van der Waals surface area contributed by atoms with Crippen molar-refractivity contribution in [1.29, 1.82) is 0 Å². The number of hydrogen-bond donors (Lipinski definition) is 1. The molecular weight excluding hydrogens is 340 g/mol. The average molecular weight is 351 g/mol. The second-order valence-corrected chi connectivity index (χ2v) is 5.81. The molecule has 0 amide bonds. The van der Waals surface area contributed by atoms with E-state index in [0.29, 0.717) is 16.8 Å². The van der Waals surface area contributed by atoms with Gasteiger partial charge in [0.25, 0.3) is 5.78 Å². The molecule has 0 aliphatic carbocycles. The summed E-state index contributed by atoms with van der Waals surface area (Å²) in [4.78, 5) is 12.8. The molecule has 0 fully saturated rings. The maximum absolute atomic E-state index is 5.87. The lowest BCUT2D eigenvalue weighted by molar-refractivity contribution is 0.851. The molecule has 20 heavy (non-hydrogen) atoms. The Hall–Kier alpha value is -1.67. The highest BCUT2D eigenvalue weighted by Crippen LogP contribution is 2.23. The quantitative estimate of drug-likeness (QED) is 0.715. The van der Waals surface area contributed by atoms with Crippen LogP contribution in [0.1, 0.15) is 5.56 Å². The highest BCUT2D eigenvalue weighted by Gasteiger charge is 2.12. The molecule has 0 saturated carbocycles. The van der Waals surface area contributed by atoms with Crippen LogP contribution < -0.4 is 5.73 Å². The number of halogens is 1. The van der Waals surface area contributed by atoms with Gasteiger partial charge in [0.1, 0.15) is 0 Å². The van der Waals surface area contributed by atoms with Gasteiger partial charge < -0.3 is 5.73 Å². The first-order valence-corrected chi connectivity index (χ1v) is 7.81. The van der Waals surface area contributed by atoms with Crippen molar-refractivity contribution in [2.24, 2.45) is 0 Å². The van der Waals surface area contributed by atoms with E-state index >= 15 is 0 Å². The number of benzene rings is 1. The van der Waals surface area contributed by atoms with E-state index < -0.39 is 0 Å². The van der Waals surface area contributed by atoms with E-state index in [1.54, 1.807) is 0 Å². The molecule has 0 aliphatic rings. The van der Waals surface area contributed by atoms with E-state index in [1.165, 1.54) is 16.3 Å². The highest BCUT2D eigenvalue weighted by atomic mass is 79.9. The molecule has 0 unspecified atom stereocenters. The fourth-order valence-electron chi connectivity index (χ4n) is 1.78. The van der Waals surface area contributed by atoms with Crippen molar-refractivity contribution in [2.75, 3.05) is 12.0 Å². The van der Waals surface area contributed by atoms with E-state index in [2.05, 4.69) is 36.0 Å². The second kappa shape index (κ2) is 5.02. The topological polar surface area (TPSA) is 82.0 Å². The molecule has 2 aromatic heterocycles. The Morgan fingerprint density at radius 2 is 2.05 bits per heavy atom. The normalized spacial score (nSPS) is 11.2. The lowest BCUT2D eigenvalue weighted by Crippen LogP contribution is -2.04. The SMILES string of the molecule is CSc1nc(N)n2nc(-c3ccc(Br)c(C)c3)nc2n1. The summed E-state index contributed by atoms with van der Waals surface area (Å²) in [6.07, 6.45) is 1.89. The average Bonchev–Trinajstić information content (AvgIpc) is 2.86. The van der Waals surface area contributed by atoms with Crippen LogP contribution in [0.25, 0.3) is 17.2 Å². The molecular formula is C12H11BrN6S. The number of nitrogens with two attached hydrogens (primary N) is 1. The van der Waals surface area contributed by atoms with Gasteiger partial charge in [0.05, 0.1) is 0 Å². The minimum atomic E-state index is 0.284. The Kier molecular flexibility index (Phi) is 3.35. The minimum absolute atomic E-state index is 0.284. The Morgan fingerprint density at radius 3 is 2.75 bits per heavy atom. The van der Waals surface area contributed by atoms with Gasteiger partial charge in [-0.1, -0.05) is 27.7 Å². The number of thioether (sulfide) groups is 1. The van der Waals surface area contributed by atoms with E-state index in [-0.39, 0.29) is 5.95 Å². The maximum atomic E-state index is 5.87. The number of anilines is 1. The van der Waals surface area contributed by atoms with Crippen LogP contribution in [0, 0.1) is 6.92 Å². The van der Waals surface area contributed by atoms with E-state index in [9.17, 15) is 0 Å². The molecule has 0 bridgehead atoms. The zero-order valence-corrected chi connectivity index (χ0v) is 13.2. The third kappa shape index (κ3) is 2.25. The first-order valence-electron chi connectivity index (χ1n) is 5.79. The van der Waals surface area contributed by atoms with E-state index in [4.69, 9.17) is 5.73 Å². The lowest BCUT2D eigenvalue weighted by Gasteiger charge is -1.99. The van der Waals surface area contributed by atoms with Gasteiger partial charge in [-0.15, -0.1) is 5.10 Å². The predicted molar refractivity (Wildman–Crippen MR) is 82.6 cm³/mol. The predicted octanol–water partition coefficient (Wildman–Crippen LogP) is 2.56. The molecule has 3 rings (SSSR count). The summed E-state index contributed by atoms with van der Waals surface area (Å²) >= 11 is 4.89. The number of aryl methyl sites for hydroxylation is 1. The van der Waals surface area contributed by atoms with Gasteiger partial charge in [-0.25, -0.2) is 0 Å². The van der Waals surface area contributed by atoms with Crippen LogP contribution in [0.2, 0.25) is 0 Å². The largest absolute Gasteiger partial charge is 0.368 e. The van der Waals surface area contributed by atoms with Crippen LogP contribution in [0.5, 0.6) is 0 Å². The molecule has 0 atom stereocenters. The standard InChI is InChI=1S/C12H11BrN6S/c1-6-5-7(3-4-8(6)13)9-15-11-17-12(20-2)16-10(14)19(11)18-9/h3-5H,1-2H3,(H2,14,15,16,17,18). The van der Waals surface area contributed by atoms with Crippen molar-refractivity contribution in [3.63, 3.8) is 0 Å². The summed E-state index contributed by atoms with van der Waals surface area (Å²) in [5.74, 6) is 1.32. The zero-order valence-electron chi connectivity index (χ0n) is 10.8. The molecule has 0 aliphatic heterocycles. The molecule has 102 valence electrons. The minimum Gasteiger partial charge on any atom is -0.368 e. The van der Waals surface area contributed by atoms with Gasteiger partial charge in [-0.05, 0) is 36.9 Å². The van der Waals surface area contributed by atoms with Crippen molar-refractivity contribution in [1.82, 2.24) is 24.6 Å². The third-order valence-electron chi connectivity index (χ3n) is 2.81. The van der Waals surface area contributed by atoms with Crippen molar-refractivity contribution >= 4 is 39.4 Å². The van der Waals surface area contributed by atoms with Gasteiger partial charge in [0.2, 0.25) is 5.95 Å². The molecule has 0 saturated heterocycles. The zero-order chi connectivity index (χ0) is 14.3. The molecule has 2 N–H and O–H groups in total. The third-order valence-corrected chi connectivity index (χ3v) is 4.25. The van der Waals surface area contributed by atoms with Crippen molar-refractivity contribution in [2.45, 2.75) is 12.1 Å². The molecule has 6 nitrogen and oxygen atoms in total. The maximum Gasteiger partial charge on any atom is 0.258 e. The van der Waals surface area contributed by atoms with Gasteiger partial charge in [0, 0.05) is 10.0 Å². The fourth-order valence-corrected chi connectivity index (χ4v) is 2.39. The molecule has 2 heterocycles. The monoisotopic (exact) mass is 350 g/mol. The van der Waals surface area contributed by atoms with E-state index in [1.807, 2.05) is 31.4 Å². The summed E-state index contributed by atoms with van der Waals surface area (Å²) in [7, 11) is 0. The molecule has 8 heteroatoms. The van der Waals surface area contributed by atoms with Crippen LogP contribution in [0.15, 0.2) is 27.8 Å². The summed E-state index contributed by atoms with van der Waals surface area (Å²) < 4.78 is 2.50. The Morgan fingerprint density at radius 1 is 1.25 bits per heavy atom. The van der Waals surface area contributed by atoms with Gasteiger partial charge in [0.15, 0.2) is 11.0 Å². The summed E-state index contributed by atoms with van der Waals surface area (Å²) in [6.45, 7) is 2.02. The highest BCUT2D eigenvalue weighted by molar-refractivity contribution is 9.10. The second-order valence-electron chi connectivity index (χ2n) is 4.18. The first kappa shape index (κ1) is 13.3. The molecule has 3 aromatic rings. The van der Waals surface area contributed by atoms with Crippen molar-refractivity contribution < 1.29 is 0 Å².